The van der Waals surface area contributed by atoms with Crippen LogP contribution in [0.2, 0.25) is 5.02 Å². The third-order valence-electron chi connectivity index (χ3n) is 3.10. The van der Waals surface area contributed by atoms with Crippen LogP contribution in [0, 0.1) is 13.8 Å². The number of halogens is 1. The number of hydrogen-bond donors (Lipinski definition) is 2. The Bertz CT molecular complexity index is 741. The van der Waals surface area contributed by atoms with Gasteiger partial charge in [-0.25, -0.2) is 8.42 Å². The van der Waals surface area contributed by atoms with E-state index in [4.69, 9.17) is 17.3 Å². The van der Waals surface area contributed by atoms with Crippen molar-refractivity contribution in [2.75, 3.05) is 10.5 Å². The Balaban J connectivity index is 2.38. The number of nitrogens with two attached hydrogens (primary N) is 1. The Labute approximate surface area is 123 Å². The molecular weight excluding hydrogens is 296 g/mol. The average molecular weight is 311 g/mol. The zero-order valence-electron chi connectivity index (χ0n) is 11.1. The first-order valence-corrected chi connectivity index (χ1v) is 7.81. The molecule has 0 aliphatic carbocycles. The molecule has 0 aliphatic rings. The summed E-state index contributed by atoms with van der Waals surface area (Å²) in [6.07, 6.45) is 0. The van der Waals surface area contributed by atoms with E-state index in [0.29, 0.717) is 22.0 Å². The van der Waals surface area contributed by atoms with Crippen molar-refractivity contribution in [3.05, 3.63) is 52.5 Å². The summed E-state index contributed by atoms with van der Waals surface area (Å²) in [5, 5.41) is 0.486. The lowest BCUT2D eigenvalue weighted by Crippen LogP contribution is -2.14. The molecule has 0 amide bonds. The van der Waals surface area contributed by atoms with Crippen molar-refractivity contribution >= 4 is 33.0 Å². The van der Waals surface area contributed by atoms with Gasteiger partial charge in [-0.3, -0.25) is 4.72 Å². The van der Waals surface area contributed by atoms with Gasteiger partial charge in [0, 0.05) is 10.7 Å². The molecule has 0 bridgehead atoms. The minimum Gasteiger partial charge on any atom is -0.398 e. The molecule has 0 spiro atoms. The zero-order valence-corrected chi connectivity index (χ0v) is 12.7. The molecule has 0 saturated carbocycles. The molecule has 0 atom stereocenters. The smallest absolute Gasteiger partial charge is 0.261 e. The molecule has 6 heteroatoms. The summed E-state index contributed by atoms with van der Waals surface area (Å²) in [5.41, 5.74) is 8.59. The minimum atomic E-state index is -3.65. The molecule has 0 aromatic heterocycles. The number of rotatable bonds is 3. The molecule has 2 aromatic rings. The lowest BCUT2D eigenvalue weighted by Gasteiger charge is -2.13. The van der Waals surface area contributed by atoms with E-state index in [-0.39, 0.29) is 4.90 Å². The zero-order chi connectivity index (χ0) is 14.9. The fourth-order valence-corrected chi connectivity index (χ4v) is 3.04. The van der Waals surface area contributed by atoms with E-state index in [1.807, 2.05) is 6.92 Å². The molecule has 0 heterocycles. The van der Waals surface area contributed by atoms with Gasteiger partial charge in [-0.2, -0.15) is 0 Å². The Hall–Kier alpha value is -1.72. The highest BCUT2D eigenvalue weighted by Crippen LogP contribution is 2.26. The molecule has 2 rings (SSSR count). The Morgan fingerprint density at radius 2 is 1.65 bits per heavy atom. The quantitative estimate of drug-likeness (QED) is 0.854. The standard InChI is InChI=1S/C14H15ClN2O2S/c1-9-3-8-13(10(2)14(9)16)17-20(18,19)12-6-4-11(15)5-7-12/h3-8,17H,16H2,1-2H3. The van der Waals surface area contributed by atoms with Gasteiger partial charge in [0.25, 0.3) is 10.0 Å². The van der Waals surface area contributed by atoms with Crippen LogP contribution in [0.1, 0.15) is 11.1 Å². The number of aryl methyl sites for hydroxylation is 1. The maximum atomic E-state index is 12.3. The van der Waals surface area contributed by atoms with Gasteiger partial charge in [-0.05, 0) is 55.3 Å². The van der Waals surface area contributed by atoms with E-state index in [0.717, 1.165) is 5.56 Å². The highest BCUT2D eigenvalue weighted by Gasteiger charge is 2.16. The second kappa shape index (κ2) is 5.34. The second-order valence-corrected chi connectivity index (χ2v) is 6.65. The van der Waals surface area contributed by atoms with Crippen molar-refractivity contribution in [3.63, 3.8) is 0 Å². The highest BCUT2D eigenvalue weighted by molar-refractivity contribution is 7.92. The van der Waals surface area contributed by atoms with Gasteiger partial charge in [0.2, 0.25) is 0 Å². The number of benzene rings is 2. The van der Waals surface area contributed by atoms with Crippen molar-refractivity contribution in [1.29, 1.82) is 0 Å². The van der Waals surface area contributed by atoms with Crippen LogP contribution in [0.25, 0.3) is 0 Å². The SMILES string of the molecule is Cc1ccc(NS(=O)(=O)c2ccc(Cl)cc2)c(C)c1N. The van der Waals surface area contributed by atoms with Crippen molar-refractivity contribution in [2.45, 2.75) is 18.7 Å². The van der Waals surface area contributed by atoms with Gasteiger partial charge >= 0.3 is 0 Å². The van der Waals surface area contributed by atoms with Crippen LogP contribution in [-0.2, 0) is 10.0 Å². The lowest BCUT2D eigenvalue weighted by atomic mass is 10.1. The first kappa shape index (κ1) is 14.7. The van der Waals surface area contributed by atoms with Crippen LogP contribution in [0.4, 0.5) is 11.4 Å². The number of hydrogen-bond acceptors (Lipinski definition) is 3. The molecule has 0 saturated heterocycles. The van der Waals surface area contributed by atoms with Gasteiger partial charge in [-0.15, -0.1) is 0 Å². The van der Waals surface area contributed by atoms with E-state index in [1.165, 1.54) is 24.3 Å². The number of anilines is 2. The van der Waals surface area contributed by atoms with Gasteiger partial charge in [0.05, 0.1) is 10.6 Å². The maximum Gasteiger partial charge on any atom is 0.261 e. The summed E-state index contributed by atoms with van der Waals surface area (Å²) in [5.74, 6) is 0. The highest BCUT2D eigenvalue weighted by atomic mass is 35.5. The van der Waals surface area contributed by atoms with Gasteiger partial charge in [-0.1, -0.05) is 17.7 Å². The molecule has 4 nitrogen and oxygen atoms in total. The van der Waals surface area contributed by atoms with Crippen molar-refractivity contribution in [1.82, 2.24) is 0 Å². The van der Waals surface area contributed by atoms with E-state index < -0.39 is 10.0 Å². The van der Waals surface area contributed by atoms with Crippen LogP contribution < -0.4 is 10.5 Å². The van der Waals surface area contributed by atoms with E-state index >= 15 is 0 Å². The predicted molar refractivity (Wildman–Crippen MR) is 82.6 cm³/mol. The number of nitrogens with one attached hydrogen (secondary N) is 1. The largest absolute Gasteiger partial charge is 0.398 e. The van der Waals surface area contributed by atoms with Crippen molar-refractivity contribution < 1.29 is 8.42 Å². The minimum absolute atomic E-state index is 0.153. The normalized spacial score (nSPS) is 11.3. The lowest BCUT2D eigenvalue weighted by molar-refractivity contribution is 0.601. The Morgan fingerprint density at radius 3 is 2.25 bits per heavy atom. The number of nitrogen functional groups attached to an aromatic ring is 1. The first-order valence-electron chi connectivity index (χ1n) is 5.95. The molecule has 106 valence electrons. The molecule has 0 radical (unpaired) electrons. The predicted octanol–water partition coefficient (Wildman–Crippen LogP) is 3.34. The van der Waals surface area contributed by atoms with Crippen LogP contribution >= 0.6 is 11.6 Å². The summed E-state index contributed by atoms with van der Waals surface area (Å²) in [6.45, 7) is 3.65. The molecule has 0 unspecified atom stereocenters. The van der Waals surface area contributed by atoms with E-state index in [9.17, 15) is 8.42 Å². The summed E-state index contributed by atoms with van der Waals surface area (Å²) < 4.78 is 27.1. The maximum absolute atomic E-state index is 12.3. The Kier molecular flexibility index (Phi) is 3.92. The van der Waals surface area contributed by atoms with Gasteiger partial charge in [0.15, 0.2) is 0 Å². The summed E-state index contributed by atoms with van der Waals surface area (Å²) in [6, 6.07) is 9.46. The molecule has 20 heavy (non-hydrogen) atoms. The summed E-state index contributed by atoms with van der Waals surface area (Å²) >= 11 is 5.75. The number of sulfonamides is 1. The second-order valence-electron chi connectivity index (χ2n) is 4.53. The van der Waals surface area contributed by atoms with Crippen LogP contribution in [0.5, 0.6) is 0 Å². The molecular formula is C14H15ClN2O2S. The van der Waals surface area contributed by atoms with Crippen LogP contribution in [0.3, 0.4) is 0 Å². The third-order valence-corrected chi connectivity index (χ3v) is 4.73. The van der Waals surface area contributed by atoms with E-state index in [2.05, 4.69) is 4.72 Å². The van der Waals surface area contributed by atoms with Crippen LogP contribution in [-0.4, -0.2) is 8.42 Å². The van der Waals surface area contributed by atoms with E-state index in [1.54, 1.807) is 19.1 Å². The average Bonchev–Trinajstić information content (AvgIpc) is 2.40. The summed E-state index contributed by atoms with van der Waals surface area (Å²) in [7, 11) is -3.65. The topological polar surface area (TPSA) is 72.2 Å². The van der Waals surface area contributed by atoms with Crippen molar-refractivity contribution in [2.24, 2.45) is 0 Å². The fourth-order valence-electron chi connectivity index (χ4n) is 1.79. The molecule has 0 aliphatic heterocycles. The molecule has 2 aromatic carbocycles. The summed E-state index contributed by atoms with van der Waals surface area (Å²) in [4.78, 5) is 0.153. The fraction of sp³-hybridized carbons (Fsp3) is 0.143. The molecule has 3 N–H and O–H groups in total. The molecule has 0 fully saturated rings. The monoisotopic (exact) mass is 310 g/mol. The van der Waals surface area contributed by atoms with Gasteiger partial charge < -0.3 is 5.73 Å². The first-order chi connectivity index (χ1) is 9.31. The van der Waals surface area contributed by atoms with Crippen LogP contribution in [0.15, 0.2) is 41.3 Å². The third kappa shape index (κ3) is 2.89. The van der Waals surface area contributed by atoms with Crippen molar-refractivity contribution in [3.8, 4) is 0 Å². The van der Waals surface area contributed by atoms with Gasteiger partial charge in [0.1, 0.15) is 0 Å². The Morgan fingerprint density at radius 1 is 1.05 bits per heavy atom.